The molecular weight excluding hydrogens is 328 g/mol. The molecule has 1 amide bonds. The Morgan fingerprint density at radius 2 is 1.67 bits per heavy atom. The number of nitrogens with zero attached hydrogens (tertiary/aromatic N) is 2. The maximum Gasteiger partial charge on any atom is 0.257 e. The van der Waals surface area contributed by atoms with Crippen molar-refractivity contribution in [2.24, 2.45) is 5.73 Å². The summed E-state index contributed by atoms with van der Waals surface area (Å²) >= 11 is 0. The molecule has 128 valence electrons. The number of rotatable bonds is 4. The monoisotopic (exact) mass is 348 g/mol. The molecule has 7 nitrogen and oxygen atoms in total. The predicted octanol–water partition coefficient (Wildman–Crippen LogP) is 2.06. The van der Waals surface area contributed by atoms with Gasteiger partial charge in [-0.15, -0.1) is 12.4 Å². The largest absolute Gasteiger partial charge is 0.379 e. The Labute approximate surface area is 147 Å². The smallest absolute Gasteiger partial charge is 0.257 e. The van der Waals surface area contributed by atoms with Crippen molar-refractivity contribution in [3.05, 3.63) is 52.6 Å². The van der Waals surface area contributed by atoms with Crippen LogP contribution in [0.1, 0.15) is 33.1 Å². The molecule has 1 aromatic carbocycles. The zero-order valence-corrected chi connectivity index (χ0v) is 14.6. The molecule has 0 bridgehead atoms. The van der Waals surface area contributed by atoms with Gasteiger partial charge in [0, 0.05) is 11.3 Å². The van der Waals surface area contributed by atoms with E-state index in [1.165, 1.54) is 0 Å². The molecule has 0 aliphatic carbocycles. The lowest BCUT2D eigenvalue weighted by Gasteiger charge is -2.10. The topological polar surface area (TPSA) is 117 Å². The highest BCUT2D eigenvalue weighted by molar-refractivity contribution is 6.04. The number of amides is 1. The average molecular weight is 349 g/mol. The Morgan fingerprint density at radius 1 is 1.08 bits per heavy atom. The summed E-state index contributed by atoms with van der Waals surface area (Å²) in [6.07, 6.45) is 0. The lowest BCUT2D eigenvalue weighted by Crippen LogP contribution is -2.35. The van der Waals surface area contributed by atoms with E-state index in [4.69, 9.17) is 11.1 Å². The van der Waals surface area contributed by atoms with Gasteiger partial charge in [-0.1, -0.05) is 0 Å². The number of anilines is 1. The molecule has 0 fully saturated rings. The van der Waals surface area contributed by atoms with Crippen LogP contribution >= 0.6 is 12.4 Å². The van der Waals surface area contributed by atoms with Crippen LogP contribution in [0, 0.1) is 26.2 Å². The van der Waals surface area contributed by atoms with E-state index in [1.807, 2.05) is 20.8 Å². The first-order chi connectivity index (χ1) is 10.9. The second-order valence-electron chi connectivity index (χ2n) is 5.23. The first kappa shape index (κ1) is 19.4. The summed E-state index contributed by atoms with van der Waals surface area (Å²) in [5.41, 5.74) is 10.1. The van der Waals surface area contributed by atoms with Crippen LogP contribution in [-0.2, 0) is 6.54 Å². The third-order valence-electron chi connectivity index (χ3n) is 3.43. The standard InChI is InChI=1S/C16H20N6O.ClH/c1-9-10(2)21-14(11(3)20-9)8-19-13-6-4-12(5-7-13)15(23)22-16(17)18;/h4-7,19H,8H2,1-3H3,(H4,17,18,22,23);1H. The van der Waals surface area contributed by atoms with Crippen molar-refractivity contribution in [2.45, 2.75) is 27.3 Å². The van der Waals surface area contributed by atoms with Crippen molar-refractivity contribution >= 4 is 30.0 Å². The molecular formula is C16H21ClN6O. The molecule has 0 saturated heterocycles. The maximum absolute atomic E-state index is 11.7. The molecule has 0 saturated carbocycles. The number of carbonyl (C=O) groups excluding carboxylic acids is 1. The summed E-state index contributed by atoms with van der Waals surface area (Å²) in [6, 6.07) is 6.91. The minimum atomic E-state index is -0.403. The zero-order valence-electron chi connectivity index (χ0n) is 13.8. The quantitative estimate of drug-likeness (QED) is 0.498. The number of carbonyl (C=O) groups is 1. The molecule has 2 aromatic rings. The fourth-order valence-corrected chi connectivity index (χ4v) is 2.05. The average Bonchev–Trinajstić information content (AvgIpc) is 2.49. The van der Waals surface area contributed by atoms with E-state index in [-0.39, 0.29) is 18.4 Å². The molecule has 0 aliphatic heterocycles. The highest BCUT2D eigenvalue weighted by atomic mass is 35.5. The fraction of sp³-hybridized carbons (Fsp3) is 0.250. The summed E-state index contributed by atoms with van der Waals surface area (Å²) in [7, 11) is 0. The number of nitrogens with one attached hydrogen (secondary N) is 3. The Kier molecular flexibility index (Phi) is 6.67. The number of hydrogen-bond donors (Lipinski definition) is 4. The molecule has 0 atom stereocenters. The Hall–Kier alpha value is -2.67. The second kappa shape index (κ2) is 8.26. The van der Waals surface area contributed by atoms with Gasteiger partial charge in [-0.2, -0.15) is 0 Å². The van der Waals surface area contributed by atoms with Crippen molar-refractivity contribution in [3.8, 4) is 0 Å². The van der Waals surface area contributed by atoms with Gasteiger partial charge < -0.3 is 11.1 Å². The molecule has 0 unspecified atom stereocenters. The van der Waals surface area contributed by atoms with Gasteiger partial charge >= 0.3 is 0 Å². The van der Waals surface area contributed by atoms with E-state index in [9.17, 15) is 4.79 Å². The Bertz CT molecular complexity index is 745. The van der Waals surface area contributed by atoms with E-state index in [2.05, 4.69) is 20.6 Å². The molecule has 1 heterocycles. The maximum atomic E-state index is 11.7. The molecule has 2 rings (SSSR count). The van der Waals surface area contributed by atoms with Crippen LogP contribution in [0.2, 0.25) is 0 Å². The van der Waals surface area contributed by atoms with Gasteiger partial charge in [-0.25, -0.2) is 0 Å². The molecule has 0 radical (unpaired) electrons. The highest BCUT2D eigenvalue weighted by Crippen LogP contribution is 2.13. The Balaban J connectivity index is 0.00000288. The van der Waals surface area contributed by atoms with Crippen LogP contribution in [0.15, 0.2) is 24.3 Å². The molecule has 24 heavy (non-hydrogen) atoms. The number of halogens is 1. The van der Waals surface area contributed by atoms with Crippen LogP contribution in [0.4, 0.5) is 5.69 Å². The molecule has 0 aliphatic rings. The van der Waals surface area contributed by atoms with Gasteiger partial charge in [0.25, 0.3) is 5.91 Å². The van der Waals surface area contributed by atoms with Crippen LogP contribution in [0.25, 0.3) is 0 Å². The van der Waals surface area contributed by atoms with Crippen molar-refractivity contribution < 1.29 is 4.79 Å². The number of hydrogen-bond acceptors (Lipinski definition) is 5. The van der Waals surface area contributed by atoms with Gasteiger partial charge in [0.05, 0.1) is 29.3 Å². The van der Waals surface area contributed by atoms with E-state index in [1.54, 1.807) is 24.3 Å². The van der Waals surface area contributed by atoms with Gasteiger partial charge in [0.2, 0.25) is 0 Å². The Morgan fingerprint density at radius 3 is 2.25 bits per heavy atom. The molecule has 1 aromatic heterocycles. The predicted molar refractivity (Wildman–Crippen MR) is 96.6 cm³/mol. The number of benzene rings is 1. The lowest BCUT2D eigenvalue weighted by atomic mass is 10.2. The van der Waals surface area contributed by atoms with E-state index < -0.39 is 5.91 Å². The van der Waals surface area contributed by atoms with E-state index in [0.717, 1.165) is 28.5 Å². The number of guanidine groups is 1. The first-order valence-electron chi connectivity index (χ1n) is 7.17. The van der Waals surface area contributed by atoms with Crippen molar-refractivity contribution in [3.63, 3.8) is 0 Å². The SMILES string of the molecule is Cc1nc(C)c(CNc2ccc(C(=O)NC(=N)N)cc2)nc1C.Cl. The van der Waals surface area contributed by atoms with Crippen LogP contribution in [0.3, 0.4) is 0 Å². The zero-order chi connectivity index (χ0) is 17.0. The fourth-order valence-electron chi connectivity index (χ4n) is 2.05. The lowest BCUT2D eigenvalue weighted by molar-refractivity contribution is 0.0976. The van der Waals surface area contributed by atoms with Crippen molar-refractivity contribution in [1.82, 2.24) is 15.3 Å². The van der Waals surface area contributed by atoms with Crippen molar-refractivity contribution in [2.75, 3.05) is 5.32 Å². The van der Waals surface area contributed by atoms with Gasteiger partial charge in [0.1, 0.15) is 0 Å². The highest BCUT2D eigenvalue weighted by Gasteiger charge is 2.07. The first-order valence-corrected chi connectivity index (χ1v) is 7.17. The minimum Gasteiger partial charge on any atom is -0.379 e. The number of nitrogens with two attached hydrogens (primary N) is 1. The van der Waals surface area contributed by atoms with Crippen LogP contribution < -0.4 is 16.4 Å². The summed E-state index contributed by atoms with van der Waals surface area (Å²) < 4.78 is 0. The molecule has 5 N–H and O–H groups in total. The van der Waals surface area contributed by atoms with E-state index >= 15 is 0 Å². The third-order valence-corrected chi connectivity index (χ3v) is 3.43. The molecule has 8 heteroatoms. The summed E-state index contributed by atoms with van der Waals surface area (Å²) in [5.74, 6) is -0.777. The van der Waals surface area contributed by atoms with Crippen molar-refractivity contribution in [1.29, 1.82) is 5.41 Å². The van der Waals surface area contributed by atoms with Gasteiger partial charge in [0.15, 0.2) is 5.96 Å². The summed E-state index contributed by atoms with van der Waals surface area (Å²) in [5, 5.41) is 12.5. The third kappa shape index (κ3) is 4.92. The number of aryl methyl sites for hydroxylation is 3. The van der Waals surface area contributed by atoms with Gasteiger partial charge in [-0.05, 0) is 45.0 Å². The van der Waals surface area contributed by atoms with Crippen LogP contribution in [-0.4, -0.2) is 21.8 Å². The number of aromatic nitrogens is 2. The van der Waals surface area contributed by atoms with E-state index in [0.29, 0.717) is 12.1 Å². The normalized spacial score (nSPS) is 9.79. The second-order valence-corrected chi connectivity index (χ2v) is 5.23. The van der Waals surface area contributed by atoms with Crippen LogP contribution in [0.5, 0.6) is 0 Å². The molecule has 0 spiro atoms. The summed E-state index contributed by atoms with van der Waals surface area (Å²) in [6.45, 7) is 6.37. The summed E-state index contributed by atoms with van der Waals surface area (Å²) in [4.78, 5) is 20.7. The minimum absolute atomic E-state index is 0. The van der Waals surface area contributed by atoms with Gasteiger partial charge in [-0.3, -0.25) is 25.5 Å².